The molecule has 0 saturated heterocycles. The van der Waals surface area contributed by atoms with Crippen LogP contribution in [0.4, 0.5) is 4.79 Å². The molecule has 0 saturated carbocycles. The molecule has 0 spiro atoms. The van der Waals surface area contributed by atoms with E-state index in [1.165, 1.54) is 0 Å². The Morgan fingerprint density at radius 1 is 1.07 bits per heavy atom. The van der Waals surface area contributed by atoms with Crippen LogP contribution in [0.15, 0.2) is 71.2 Å². The average Bonchev–Trinajstić information content (AvgIpc) is 2.95. The highest BCUT2D eigenvalue weighted by molar-refractivity contribution is 9.10. The molecule has 236 valence electrons. The highest BCUT2D eigenvalue weighted by atomic mass is 79.9. The summed E-state index contributed by atoms with van der Waals surface area (Å²) in [6.45, 7) is 5.26. The summed E-state index contributed by atoms with van der Waals surface area (Å²) in [5, 5.41) is 29.1. The van der Waals surface area contributed by atoms with Crippen LogP contribution in [0, 0.1) is 5.92 Å². The van der Waals surface area contributed by atoms with Crippen molar-refractivity contribution in [1.82, 2.24) is 10.6 Å². The third-order valence-electron chi connectivity index (χ3n) is 7.26. The van der Waals surface area contributed by atoms with Crippen molar-refractivity contribution in [3.05, 3.63) is 97.9 Å². The molecule has 5 atom stereocenters. The summed E-state index contributed by atoms with van der Waals surface area (Å²) >= 11 is 16.1. The summed E-state index contributed by atoms with van der Waals surface area (Å²) in [4.78, 5) is 26.8. The number of ether oxygens (including phenoxy) is 2. The number of carbonyl (C=O) groups is 2. The van der Waals surface area contributed by atoms with Crippen molar-refractivity contribution in [3.8, 4) is 5.75 Å². The van der Waals surface area contributed by atoms with Gasteiger partial charge in [0, 0.05) is 26.0 Å². The highest BCUT2D eigenvalue weighted by Crippen LogP contribution is 2.35. The lowest BCUT2D eigenvalue weighted by Gasteiger charge is -2.33. The van der Waals surface area contributed by atoms with Gasteiger partial charge in [0.2, 0.25) is 5.91 Å². The van der Waals surface area contributed by atoms with Gasteiger partial charge in [-0.3, -0.25) is 4.79 Å². The zero-order valence-corrected chi connectivity index (χ0v) is 27.8. The second-order valence-electron chi connectivity index (χ2n) is 11.9. The number of rotatable bonds is 10. The molecule has 4 rings (SSSR count). The second kappa shape index (κ2) is 15.0. The summed E-state index contributed by atoms with van der Waals surface area (Å²) in [6.07, 6.45) is -2.36. The number of hydrogen-bond acceptors (Lipinski definition) is 6. The van der Waals surface area contributed by atoms with Gasteiger partial charge in [0.1, 0.15) is 24.1 Å². The fourth-order valence-electron chi connectivity index (χ4n) is 5.10. The minimum atomic E-state index is -1.15. The predicted octanol–water partition coefficient (Wildman–Crippen LogP) is 6.41. The minimum Gasteiger partial charge on any atom is -0.490 e. The molecule has 0 bridgehead atoms. The molecule has 0 unspecified atom stereocenters. The van der Waals surface area contributed by atoms with Crippen molar-refractivity contribution in [3.63, 3.8) is 0 Å². The van der Waals surface area contributed by atoms with E-state index in [4.69, 9.17) is 32.7 Å². The number of fused-ring (bicyclic) bond motifs is 1. The van der Waals surface area contributed by atoms with E-state index >= 15 is 0 Å². The van der Waals surface area contributed by atoms with Crippen LogP contribution in [-0.4, -0.2) is 52.7 Å². The van der Waals surface area contributed by atoms with Gasteiger partial charge < -0.3 is 30.3 Å². The molecule has 3 aromatic carbocycles. The predicted molar refractivity (Wildman–Crippen MR) is 174 cm³/mol. The van der Waals surface area contributed by atoms with E-state index < -0.39 is 47.8 Å². The van der Waals surface area contributed by atoms with Crippen LogP contribution >= 0.6 is 39.1 Å². The van der Waals surface area contributed by atoms with E-state index in [1.807, 2.05) is 36.4 Å². The van der Waals surface area contributed by atoms with E-state index in [2.05, 4.69) is 26.6 Å². The maximum Gasteiger partial charge on any atom is 0.407 e. The molecule has 8 nitrogen and oxygen atoms in total. The van der Waals surface area contributed by atoms with Crippen LogP contribution in [0.3, 0.4) is 0 Å². The van der Waals surface area contributed by atoms with E-state index in [1.54, 1.807) is 51.1 Å². The smallest absolute Gasteiger partial charge is 0.407 e. The van der Waals surface area contributed by atoms with E-state index in [-0.39, 0.29) is 19.4 Å². The highest BCUT2D eigenvalue weighted by Gasteiger charge is 2.35. The number of carbonyl (C=O) groups excluding carboxylic acids is 2. The third kappa shape index (κ3) is 9.59. The molecular formula is C33H37BrCl2N2O6. The zero-order chi connectivity index (χ0) is 32.0. The topological polar surface area (TPSA) is 117 Å². The number of nitrogens with one attached hydrogen (secondary N) is 2. The number of alkyl carbamates (subject to hydrolysis) is 1. The normalized spacial score (nSPS) is 18.3. The molecule has 0 aliphatic carbocycles. The van der Waals surface area contributed by atoms with Crippen LogP contribution < -0.4 is 15.4 Å². The number of aliphatic hydroxyl groups is 2. The molecule has 1 aliphatic rings. The second-order valence-corrected chi connectivity index (χ2v) is 13.7. The first-order chi connectivity index (χ1) is 20.8. The van der Waals surface area contributed by atoms with Gasteiger partial charge in [-0.1, -0.05) is 69.5 Å². The van der Waals surface area contributed by atoms with E-state index in [9.17, 15) is 19.8 Å². The first kappa shape index (κ1) is 34.1. The Bertz CT molecular complexity index is 1450. The lowest BCUT2D eigenvalue weighted by molar-refractivity contribution is -0.128. The van der Waals surface area contributed by atoms with Gasteiger partial charge in [-0.25, -0.2) is 4.79 Å². The largest absolute Gasteiger partial charge is 0.490 e. The third-order valence-corrected chi connectivity index (χ3v) is 8.39. The zero-order valence-electron chi connectivity index (χ0n) is 24.7. The van der Waals surface area contributed by atoms with E-state index in [0.29, 0.717) is 27.8 Å². The Labute approximate surface area is 276 Å². The van der Waals surface area contributed by atoms with Crippen LogP contribution in [0.25, 0.3) is 0 Å². The SMILES string of the molecule is CC(C)(C)OC(=O)N[C@@H](Cc1ccc(Br)cc1)[C@@H](O)C[C@@H](Cc1ccccc1Cl)C(=O)N[C@H]1c2cc(Cl)ccc2OC[C@H]1O. The molecular weight excluding hydrogens is 671 g/mol. The standard InChI is InChI=1S/C33H37BrCl2N2O6/c1-33(2,3)44-32(42)37-26(14-19-8-10-22(34)11-9-19)27(39)16-21(15-20-6-4-5-7-25(20)36)31(41)38-30-24-17-23(35)12-13-29(24)43-18-28(30)40/h4-13,17,21,26-28,30,39-40H,14-16,18H2,1-3H3,(H,37,42)(H,38,41)/t21-,26+,27+,28-,30+/m1/s1. The minimum absolute atomic E-state index is 0.00748. The molecule has 11 heteroatoms. The van der Waals surface area contributed by atoms with Gasteiger partial charge in [-0.05, 0) is 87.6 Å². The molecule has 0 radical (unpaired) electrons. The number of benzene rings is 3. The van der Waals surface area contributed by atoms with Crippen molar-refractivity contribution in [2.75, 3.05) is 6.61 Å². The molecule has 1 aliphatic heterocycles. The number of hydrogen-bond donors (Lipinski definition) is 4. The molecule has 0 fully saturated rings. The lowest BCUT2D eigenvalue weighted by Crippen LogP contribution is -2.49. The van der Waals surface area contributed by atoms with Crippen LogP contribution in [-0.2, 0) is 22.4 Å². The Morgan fingerprint density at radius 2 is 1.77 bits per heavy atom. The first-order valence-corrected chi connectivity index (χ1v) is 15.9. The van der Waals surface area contributed by atoms with Crippen LogP contribution in [0.1, 0.15) is 49.9 Å². The van der Waals surface area contributed by atoms with Gasteiger partial charge in [0.25, 0.3) is 0 Å². The monoisotopic (exact) mass is 706 g/mol. The van der Waals surface area contributed by atoms with Gasteiger partial charge in [0.15, 0.2) is 0 Å². The van der Waals surface area contributed by atoms with Gasteiger partial charge in [0.05, 0.1) is 18.2 Å². The quantitative estimate of drug-likeness (QED) is 0.194. The summed E-state index contributed by atoms with van der Waals surface area (Å²) in [5.41, 5.74) is 1.41. The van der Waals surface area contributed by atoms with Crippen molar-refractivity contribution in [2.24, 2.45) is 5.92 Å². The summed E-state index contributed by atoms with van der Waals surface area (Å²) < 4.78 is 12.0. The van der Waals surface area contributed by atoms with Crippen LogP contribution in [0.2, 0.25) is 10.0 Å². The Balaban J connectivity index is 1.61. The van der Waals surface area contributed by atoms with Gasteiger partial charge in [-0.15, -0.1) is 0 Å². The number of amides is 2. The number of aliphatic hydroxyl groups excluding tert-OH is 2. The van der Waals surface area contributed by atoms with Gasteiger partial charge in [-0.2, -0.15) is 0 Å². The van der Waals surface area contributed by atoms with E-state index in [0.717, 1.165) is 15.6 Å². The molecule has 1 heterocycles. The number of halogens is 3. The Morgan fingerprint density at radius 3 is 2.45 bits per heavy atom. The molecule has 4 N–H and O–H groups in total. The Kier molecular flexibility index (Phi) is 11.6. The molecule has 0 aromatic heterocycles. The maximum absolute atomic E-state index is 14.0. The first-order valence-electron chi connectivity index (χ1n) is 14.3. The lowest BCUT2D eigenvalue weighted by atomic mass is 9.88. The van der Waals surface area contributed by atoms with Gasteiger partial charge >= 0.3 is 6.09 Å². The van der Waals surface area contributed by atoms with Crippen molar-refractivity contribution >= 4 is 51.1 Å². The van der Waals surface area contributed by atoms with Crippen molar-refractivity contribution < 1.29 is 29.3 Å². The average molecular weight is 708 g/mol. The summed E-state index contributed by atoms with van der Waals surface area (Å²) in [5.74, 6) is -0.667. The van der Waals surface area contributed by atoms with Crippen molar-refractivity contribution in [2.45, 2.75) is 69.9 Å². The fraction of sp³-hybridized carbons (Fsp3) is 0.394. The fourth-order valence-corrected chi connectivity index (χ4v) is 5.76. The Hall–Kier alpha value is -2.82. The maximum atomic E-state index is 14.0. The summed E-state index contributed by atoms with van der Waals surface area (Å²) in [7, 11) is 0. The summed E-state index contributed by atoms with van der Waals surface area (Å²) in [6, 6.07) is 18.2. The molecule has 3 aromatic rings. The molecule has 2 amide bonds. The van der Waals surface area contributed by atoms with Crippen LogP contribution in [0.5, 0.6) is 5.75 Å². The van der Waals surface area contributed by atoms with Crippen molar-refractivity contribution in [1.29, 1.82) is 0 Å². The molecule has 44 heavy (non-hydrogen) atoms.